The average molecular weight is 425 g/mol. The fourth-order valence-electron chi connectivity index (χ4n) is 3.31. The van der Waals surface area contributed by atoms with E-state index in [9.17, 15) is 8.42 Å². The van der Waals surface area contributed by atoms with Gasteiger partial charge in [0.15, 0.2) is 11.5 Å². The molecule has 1 saturated heterocycles. The Balaban J connectivity index is 1.52. The van der Waals surface area contributed by atoms with Gasteiger partial charge in [-0.1, -0.05) is 11.6 Å². The van der Waals surface area contributed by atoms with E-state index in [2.05, 4.69) is 4.98 Å². The number of ether oxygens (including phenoxy) is 3. The van der Waals surface area contributed by atoms with Crippen molar-refractivity contribution in [1.29, 1.82) is 0 Å². The monoisotopic (exact) mass is 424 g/mol. The van der Waals surface area contributed by atoms with Crippen LogP contribution < -0.4 is 14.2 Å². The Hall–Kier alpha value is -2.03. The van der Waals surface area contributed by atoms with Crippen LogP contribution >= 0.6 is 11.6 Å². The molecule has 0 bridgehead atoms. The molecule has 0 saturated carbocycles. The van der Waals surface area contributed by atoms with Gasteiger partial charge in [0.2, 0.25) is 10.0 Å². The van der Waals surface area contributed by atoms with Crippen LogP contribution in [0.1, 0.15) is 19.3 Å². The van der Waals surface area contributed by atoms with Gasteiger partial charge in [0.1, 0.15) is 16.9 Å². The lowest BCUT2D eigenvalue weighted by Gasteiger charge is -2.32. The van der Waals surface area contributed by atoms with E-state index >= 15 is 0 Å². The third kappa shape index (κ3) is 4.04. The number of sulfonamides is 1. The molecule has 1 atom stereocenters. The van der Waals surface area contributed by atoms with Crippen LogP contribution in [0.5, 0.6) is 17.2 Å². The molecule has 0 aliphatic carbocycles. The van der Waals surface area contributed by atoms with Crippen LogP contribution in [0.4, 0.5) is 0 Å². The standard InChI is InChI=1S/C19H21ClN2O5S/c20-16-12-21-7-6-17(16)27-14-3-1-8-22(13-14)28(23,24)15-4-5-18-19(11-15)26-10-2-9-25-18/h4-7,11-12,14H,1-3,8-10,13H2. The highest BCUT2D eigenvalue weighted by atomic mass is 35.5. The van der Waals surface area contributed by atoms with Crippen LogP contribution in [0.3, 0.4) is 0 Å². The van der Waals surface area contributed by atoms with Crippen LogP contribution in [-0.2, 0) is 10.0 Å². The molecule has 0 spiro atoms. The zero-order chi connectivity index (χ0) is 19.6. The minimum absolute atomic E-state index is 0.194. The quantitative estimate of drug-likeness (QED) is 0.750. The molecule has 0 N–H and O–H groups in total. The first kappa shape index (κ1) is 19.3. The van der Waals surface area contributed by atoms with Crippen molar-refractivity contribution in [3.63, 3.8) is 0 Å². The highest BCUT2D eigenvalue weighted by molar-refractivity contribution is 7.89. The van der Waals surface area contributed by atoms with E-state index in [1.165, 1.54) is 10.5 Å². The fraction of sp³-hybridized carbons (Fsp3) is 0.421. The van der Waals surface area contributed by atoms with Crippen LogP contribution in [0.15, 0.2) is 41.6 Å². The maximum Gasteiger partial charge on any atom is 0.243 e. The number of halogens is 1. The highest BCUT2D eigenvalue weighted by Gasteiger charge is 2.32. The fourth-order valence-corrected chi connectivity index (χ4v) is 5.00. The second kappa shape index (κ2) is 8.14. The number of piperidine rings is 1. The molecule has 28 heavy (non-hydrogen) atoms. The molecular weight excluding hydrogens is 404 g/mol. The largest absolute Gasteiger partial charge is 0.490 e. The van der Waals surface area contributed by atoms with E-state index in [1.807, 2.05) is 0 Å². The highest BCUT2D eigenvalue weighted by Crippen LogP contribution is 2.34. The molecule has 1 aromatic heterocycles. The van der Waals surface area contributed by atoms with Gasteiger partial charge in [-0.05, 0) is 25.0 Å². The minimum atomic E-state index is -3.67. The molecule has 150 valence electrons. The summed E-state index contributed by atoms with van der Waals surface area (Å²) in [4.78, 5) is 4.13. The van der Waals surface area contributed by atoms with Crippen LogP contribution in [0.25, 0.3) is 0 Å². The third-order valence-corrected chi connectivity index (χ3v) is 6.87. The first-order valence-electron chi connectivity index (χ1n) is 9.20. The Labute approximate surface area is 169 Å². The Kier molecular flexibility index (Phi) is 5.61. The molecule has 0 radical (unpaired) electrons. The molecular formula is C19H21ClN2O5S. The van der Waals surface area contributed by atoms with Crippen LogP contribution in [0, 0.1) is 0 Å². The average Bonchev–Trinajstić information content (AvgIpc) is 2.95. The van der Waals surface area contributed by atoms with E-state index in [-0.39, 0.29) is 17.5 Å². The van der Waals surface area contributed by atoms with Gasteiger partial charge in [0.05, 0.1) is 24.7 Å². The summed E-state index contributed by atoms with van der Waals surface area (Å²) < 4.78 is 44.9. The summed E-state index contributed by atoms with van der Waals surface area (Å²) in [5.74, 6) is 1.55. The van der Waals surface area contributed by atoms with Gasteiger partial charge in [0.25, 0.3) is 0 Å². The van der Waals surface area contributed by atoms with Gasteiger partial charge >= 0.3 is 0 Å². The second-order valence-corrected chi connectivity index (χ2v) is 9.06. The van der Waals surface area contributed by atoms with Gasteiger partial charge < -0.3 is 14.2 Å². The molecule has 2 aliphatic heterocycles. The van der Waals surface area contributed by atoms with Crippen molar-refractivity contribution in [3.05, 3.63) is 41.7 Å². The van der Waals surface area contributed by atoms with E-state index in [0.29, 0.717) is 48.5 Å². The van der Waals surface area contributed by atoms with Crippen molar-refractivity contribution in [3.8, 4) is 17.2 Å². The first-order valence-corrected chi connectivity index (χ1v) is 11.0. The second-order valence-electron chi connectivity index (χ2n) is 6.71. The molecule has 7 nitrogen and oxygen atoms in total. The normalized spacial score (nSPS) is 20.4. The lowest BCUT2D eigenvalue weighted by molar-refractivity contribution is 0.130. The predicted molar refractivity (Wildman–Crippen MR) is 104 cm³/mol. The molecule has 0 amide bonds. The van der Waals surface area contributed by atoms with Crippen molar-refractivity contribution in [2.45, 2.75) is 30.3 Å². The minimum Gasteiger partial charge on any atom is -0.490 e. The van der Waals surface area contributed by atoms with E-state index in [0.717, 1.165) is 12.8 Å². The summed E-state index contributed by atoms with van der Waals surface area (Å²) in [6.07, 6.45) is 5.05. The molecule has 3 heterocycles. The number of hydrogen-bond donors (Lipinski definition) is 0. The SMILES string of the molecule is O=S(=O)(c1ccc2c(c1)OCCCO2)N1CCCC(Oc2ccncc2Cl)C1. The van der Waals surface area contributed by atoms with Gasteiger partial charge in [-0.3, -0.25) is 4.98 Å². The van der Waals surface area contributed by atoms with Crippen molar-refractivity contribution in [2.24, 2.45) is 0 Å². The summed E-state index contributed by atoms with van der Waals surface area (Å²) >= 11 is 6.10. The Morgan fingerprint density at radius 1 is 1.14 bits per heavy atom. The van der Waals surface area contributed by atoms with Crippen molar-refractivity contribution in [2.75, 3.05) is 26.3 Å². The molecule has 2 aromatic rings. The predicted octanol–water partition coefficient (Wildman–Crippen LogP) is 3.13. The topological polar surface area (TPSA) is 78.0 Å². The van der Waals surface area contributed by atoms with E-state index < -0.39 is 10.0 Å². The van der Waals surface area contributed by atoms with Gasteiger partial charge in [-0.25, -0.2) is 8.42 Å². The van der Waals surface area contributed by atoms with Crippen molar-refractivity contribution < 1.29 is 22.6 Å². The summed E-state index contributed by atoms with van der Waals surface area (Å²) in [7, 11) is -3.67. The lowest BCUT2D eigenvalue weighted by Crippen LogP contribution is -2.44. The number of fused-ring (bicyclic) bond motifs is 1. The first-order chi connectivity index (χ1) is 13.5. The maximum absolute atomic E-state index is 13.2. The van der Waals surface area contributed by atoms with Crippen molar-refractivity contribution >= 4 is 21.6 Å². The lowest BCUT2D eigenvalue weighted by atomic mass is 10.1. The number of nitrogens with zero attached hydrogens (tertiary/aromatic N) is 2. The molecule has 2 aliphatic rings. The Bertz CT molecular complexity index is 953. The molecule has 1 fully saturated rings. The number of pyridine rings is 1. The van der Waals surface area contributed by atoms with Gasteiger partial charge in [-0.15, -0.1) is 0 Å². The molecule has 1 aromatic carbocycles. The zero-order valence-electron chi connectivity index (χ0n) is 15.2. The van der Waals surface area contributed by atoms with Gasteiger partial charge in [-0.2, -0.15) is 4.31 Å². The number of hydrogen-bond acceptors (Lipinski definition) is 6. The van der Waals surface area contributed by atoms with Crippen molar-refractivity contribution in [1.82, 2.24) is 9.29 Å². The third-order valence-electron chi connectivity index (χ3n) is 4.73. The summed E-state index contributed by atoms with van der Waals surface area (Å²) in [6.45, 7) is 1.76. The summed E-state index contributed by atoms with van der Waals surface area (Å²) in [5, 5.41) is 0.408. The number of benzene rings is 1. The maximum atomic E-state index is 13.2. The van der Waals surface area contributed by atoms with E-state index in [4.69, 9.17) is 25.8 Å². The molecule has 1 unspecified atom stereocenters. The van der Waals surface area contributed by atoms with Gasteiger partial charge in [0, 0.05) is 37.5 Å². The summed E-state index contributed by atoms with van der Waals surface area (Å²) in [6, 6.07) is 6.44. The summed E-state index contributed by atoms with van der Waals surface area (Å²) in [5.41, 5.74) is 0. The molecule has 4 rings (SSSR count). The smallest absolute Gasteiger partial charge is 0.243 e. The zero-order valence-corrected chi connectivity index (χ0v) is 16.8. The Morgan fingerprint density at radius 2 is 1.96 bits per heavy atom. The van der Waals surface area contributed by atoms with Crippen LogP contribution in [-0.4, -0.2) is 50.1 Å². The van der Waals surface area contributed by atoms with Crippen LogP contribution in [0.2, 0.25) is 5.02 Å². The Morgan fingerprint density at radius 3 is 2.79 bits per heavy atom. The molecule has 9 heteroatoms. The number of rotatable bonds is 4. The number of aromatic nitrogens is 1. The van der Waals surface area contributed by atoms with E-state index in [1.54, 1.807) is 30.5 Å².